The molecule has 0 radical (unpaired) electrons. The van der Waals surface area contributed by atoms with Crippen molar-refractivity contribution in [3.63, 3.8) is 0 Å². The van der Waals surface area contributed by atoms with Gasteiger partial charge >= 0.3 is 0 Å². The van der Waals surface area contributed by atoms with E-state index >= 15 is 0 Å². The molecule has 0 aromatic rings. The van der Waals surface area contributed by atoms with Crippen LogP contribution < -0.4 is 0 Å². The van der Waals surface area contributed by atoms with Crippen LogP contribution in [0.4, 0.5) is 0 Å². The van der Waals surface area contributed by atoms with Crippen molar-refractivity contribution in [2.24, 2.45) is 0 Å². The van der Waals surface area contributed by atoms with E-state index in [1.54, 1.807) is 0 Å². The molecule has 0 rings (SSSR count). The zero-order valence-corrected chi connectivity index (χ0v) is 11.3. The normalized spacial score (nSPS) is 12.5. The minimum Gasteiger partial charge on any atom is -0.422 e. The number of hydrogen-bond donors (Lipinski definition) is 0. The number of hydrogen-bond acceptors (Lipinski definition) is 2. The van der Waals surface area contributed by atoms with Crippen molar-refractivity contribution < 1.29 is 8.85 Å². The summed E-state index contributed by atoms with van der Waals surface area (Å²) in [5.41, 5.74) is 0. The second kappa shape index (κ2) is 11.4. The molecular formula is C8H22O2Si2. The first-order chi connectivity index (χ1) is 5.91. The van der Waals surface area contributed by atoms with Crippen molar-refractivity contribution in [2.75, 3.05) is 13.2 Å². The van der Waals surface area contributed by atoms with Gasteiger partial charge in [0.25, 0.3) is 0 Å². The van der Waals surface area contributed by atoms with Gasteiger partial charge in [0.2, 0.25) is 0 Å². The highest BCUT2D eigenvalue weighted by atomic mass is 28.2. The Balaban J connectivity index is 2.73. The fourth-order valence-electron chi connectivity index (χ4n) is 0.815. The fourth-order valence-corrected chi connectivity index (χ4v) is 2.44. The van der Waals surface area contributed by atoms with Gasteiger partial charge in [0.15, 0.2) is 19.5 Å². The van der Waals surface area contributed by atoms with Crippen molar-refractivity contribution in [3.8, 4) is 0 Å². The molecule has 0 aliphatic carbocycles. The third-order valence-electron chi connectivity index (χ3n) is 1.66. The average molecular weight is 206 g/mol. The molecule has 0 unspecified atom stereocenters. The Morgan fingerprint density at radius 2 is 1.25 bits per heavy atom. The zero-order valence-electron chi connectivity index (χ0n) is 8.47. The molecule has 0 spiro atoms. The van der Waals surface area contributed by atoms with E-state index in [0.29, 0.717) is 0 Å². The molecule has 0 fully saturated rings. The SMILES string of the molecule is CCC[SiH2]OCCO[SiH2]CCC. The summed E-state index contributed by atoms with van der Waals surface area (Å²) in [4.78, 5) is 0. The second-order valence-corrected chi connectivity index (χ2v) is 5.98. The van der Waals surface area contributed by atoms with Crippen LogP contribution in [0, 0.1) is 0 Å². The molecule has 0 heterocycles. The Hall–Kier alpha value is 0.354. The largest absolute Gasteiger partial charge is 0.422 e. The second-order valence-electron chi connectivity index (χ2n) is 2.93. The van der Waals surface area contributed by atoms with E-state index in [0.717, 1.165) is 13.2 Å². The van der Waals surface area contributed by atoms with Gasteiger partial charge in [-0.2, -0.15) is 0 Å². The molecule has 0 aliphatic heterocycles. The summed E-state index contributed by atoms with van der Waals surface area (Å²) in [6, 6.07) is 2.62. The van der Waals surface area contributed by atoms with Crippen LogP contribution in [0.1, 0.15) is 26.7 Å². The van der Waals surface area contributed by atoms with Crippen LogP contribution in [0.3, 0.4) is 0 Å². The molecule has 0 N–H and O–H groups in total. The maximum absolute atomic E-state index is 5.49. The minimum absolute atomic E-state index is 0.193. The maximum Gasteiger partial charge on any atom is 0.161 e. The Labute approximate surface area is 80.9 Å². The first-order valence-electron chi connectivity index (χ1n) is 5.07. The molecule has 0 amide bonds. The zero-order chi connectivity index (χ0) is 9.07. The summed E-state index contributed by atoms with van der Waals surface area (Å²) in [6.07, 6.45) is 2.55. The van der Waals surface area contributed by atoms with Crippen molar-refractivity contribution in [1.82, 2.24) is 0 Å². The molecule has 12 heavy (non-hydrogen) atoms. The smallest absolute Gasteiger partial charge is 0.161 e. The van der Waals surface area contributed by atoms with Crippen LogP contribution in [-0.2, 0) is 8.85 Å². The summed E-state index contributed by atoms with van der Waals surface area (Å²) in [5, 5.41) is 0. The first-order valence-corrected chi connectivity index (χ1v) is 8.22. The van der Waals surface area contributed by atoms with Crippen molar-refractivity contribution in [1.29, 1.82) is 0 Å². The molecule has 0 aromatic heterocycles. The van der Waals surface area contributed by atoms with Gasteiger partial charge in [0, 0.05) is 0 Å². The Morgan fingerprint density at radius 1 is 0.833 bits per heavy atom. The van der Waals surface area contributed by atoms with E-state index in [-0.39, 0.29) is 19.5 Å². The summed E-state index contributed by atoms with van der Waals surface area (Å²) in [5.74, 6) is 0. The van der Waals surface area contributed by atoms with Crippen LogP contribution in [-0.4, -0.2) is 32.7 Å². The van der Waals surface area contributed by atoms with Gasteiger partial charge in [0.05, 0.1) is 13.2 Å². The molecule has 0 saturated heterocycles. The summed E-state index contributed by atoms with van der Waals surface area (Å²) in [6.45, 7) is 6.12. The van der Waals surface area contributed by atoms with E-state index in [1.807, 2.05) is 0 Å². The van der Waals surface area contributed by atoms with Crippen LogP contribution >= 0.6 is 0 Å². The molecule has 4 heteroatoms. The van der Waals surface area contributed by atoms with Gasteiger partial charge in [-0.15, -0.1) is 0 Å². The van der Waals surface area contributed by atoms with Crippen molar-refractivity contribution in [3.05, 3.63) is 0 Å². The summed E-state index contributed by atoms with van der Waals surface area (Å²) < 4.78 is 11.0. The predicted octanol–water partition coefficient (Wildman–Crippen LogP) is 0.844. The van der Waals surface area contributed by atoms with Crippen molar-refractivity contribution in [2.45, 2.75) is 38.8 Å². The third kappa shape index (κ3) is 10.4. The van der Waals surface area contributed by atoms with Gasteiger partial charge in [0.1, 0.15) is 0 Å². The standard InChI is InChI=1S/C8H22O2Si2/c1-3-7-11-9-5-6-10-12-8-4-2/h3-8,11-12H2,1-2H3. The van der Waals surface area contributed by atoms with E-state index in [1.165, 1.54) is 24.9 Å². The molecule has 0 aliphatic rings. The molecule has 2 nitrogen and oxygen atoms in total. The lowest BCUT2D eigenvalue weighted by Gasteiger charge is -2.03. The summed E-state index contributed by atoms with van der Waals surface area (Å²) in [7, 11) is -0.386. The molecular weight excluding hydrogens is 184 g/mol. The first kappa shape index (κ1) is 12.4. The highest BCUT2D eigenvalue weighted by Gasteiger charge is 1.89. The van der Waals surface area contributed by atoms with E-state index in [2.05, 4.69) is 13.8 Å². The molecule has 0 atom stereocenters. The molecule has 0 bridgehead atoms. The molecule has 0 saturated carbocycles. The Morgan fingerprint density at radius 3 is 1.58 bits per heavy atom. The monoisotopic (exact) mass is 206 g/mol. The van der Waals surface area contributed by atoms with Crippen molar-refractivity contribution >= 4 is 19.5 Å². The van der Waals surface area contributed by atoms with E-state index in [9.17, 15) is 0 Å². The van der Waals surface area contributed by atoms with E-state index in [4.69, 9.17) is 8.85 Å². The lowest BCUT2D eigenvalue weighted by atomic mass is 10.6. The maximum atomic E-state index is 5.49. The minimum atomic E-state index is -0.193. The van der Waals surface area contributed by atoms with Crippen LogP contribution in [0.2, 0.25) is 12.1 Å². The predicted molar refractivity (Wildman–Crippen MR) is 59.2 cm³/mol. The van der Waals surface area contributed by atoms with Crippen LogP contribution in [0.25, 0.3) is 0 Å². The Bertz CT molecular complexity index is 71.5. The Kier molecular flexibility index (Phi) is 11.7. The summed E-state index contributed by atoms with van der Waals surface area (Å²) >= 11 is 0. The van der Waals surface area contributed by atoms with Crippen LogP contribution in [0.15, 0.2) is 0 Å². The van der Waals surface area contributed by atoms with E-state index < -0.39 is 0 Å². The average Bonchev–Trinajstić information content (AvgIpc) is 2.10. The van der Waals surface area contributed by atoms with Gasteiger partial charge in [-0.05, 0) is 12.1 Å². The number of rotatable bonds is 9. The lowest BCUT2D eigenvalue weighted by molar-refractivity contribution is 0.229. The van der Waals surface area contributed by atoms with Gasteiger partial charge < -0.3 is 8.85 Å². The topological polar surface area (TPSA) is 18.5 Å². The lowest BCUT2D eigenvalue weighted by Crippen LogP contribution is -2.09. The highest BCUT2D eigenvalue weighted by molar-refractivity contribution is 6.27. The van der Waals surface area contributed by atoms with Gasteiger partial charge in [-0.25, -0.2) is 0 Å². The highest BCUT2D eigenvalue weighted by Crippen LogP contribution is 1.88. The fraction of sp³-hybridized carbons (Fsp3) is 1.00. The van der Waals surface area contributed by atoms with Gasteiger partial charge in [-0.1, -0.05) is 26.7 Å². The molecule has 74 valence electrons. The quantitative estimate of drug-likeness (QED) is 0.411. The third-order valence-corrected chi connectivity index (χ3v) is 4.80. The van der Waals surface area contributed by atoms with Crippen LogP contribution in [0.5, 0.6) is 0 Å². The molecule has 0 aromatic carbocycles. The van der Waals surface area contributed by atoms with Gasteiger partial charge in [-0.3, -0.25) is 0 Å².